The summed E-state index contributed by atoms with van der Waals surface area (Å²) in [5.74, 6) is 1.02. The number of thiophene rings is 1. The van der Waals surface area contributed by atoms with Crippen molar-refractivity contribution in [1.29, 1.82) is 0 Å². The van der Waals surface area contributed by atoms with Gasteiger partial charge in [-0.05, 0) is 113 Å². The van der Waals surface area contributed by atoms with Crippen molar-refractivity contribution < 1.29 is 34.0 Å². The number of ether oxygens (including phenoxy) is 3. The van der Waals surface area contributed by atoms with Crippen LogP contribution in [0.4, 0.5) is 4.79 Å². The second-order valence-electron chi connectivity index (χ2n) is 13.9. The van der Waals surface area contributed by atoms with Crippen LogP contribution in [0.1, 0.15) is 102 Å². The SMILES string of the molecule is CCOC(=O)N(Cc1ccc(OC)cc1OC)CC1(O)CCC2c3ccc(cc3C(=O)c3ccc(C)s3)CC(O)CCC(C)=CCCC21C. The zero-order valence-corrected chi connectivity index (χ0v) is 30.5. The fraction of sp³-hybridized carbons (Fsp3) is 0.500. The van der Waals surface area contributed by atoms with E-state index in [0.29, 0.717) is 60.5 Å². The van der Waals surface area contributed by atoms with Crippen LogP contribution in [-0.4, -0.2) is 66.1 Å². The van der Waals surface area contributed by atoms with Crippen LogP contribution >= 0.6 is 11.3 Å². The maximum atomic E-state index is 14.2. The van der Waals surface area contributed by atoms with E-state index >= 15 is 0 Å². The monoisotopic (exact) mass is 689 g/mol. The highest BCUT2D eigenvalue weighted by Crippen LogP contribution is 2.59. The first kappa shape index (κ1) is 36.6. The molecule has 0 spiro atoms. The topological polar surface area (TPSA) is 106 Å². The number of nitrogens with zero attached hydrogens (tertiary/aromatic N) is 1. The van der Waals surface area contributed by atoms with Crippen LogP contribution in [0.2, 0.25) is 0 Å². The number of aryl methyl sites for hydroxylation is 1. The third-order valence-corrected chi connectivity index (χ3v) is 11.7. The maximum Gasteiger partial charge on any atom is 0.410 e. The van der Waals surface area contributed by atoms with Gasteiger partial charge in [0.25, 0.3) is 0 Å². The van der Waals surface area contributed by atoms with Crippen molar-refractivity contribution in [1.82, 2.24) is 4.90 Å². The Labute approximate surface area is 294 Å². The van der Waals surface area contributed by atoms with Crippen LogP contribution in [0.15, 0.2) is 60.2 Å². The molecule has 264 valence electrons. The van der Waals surface area contributed by atoms with Crippen LogP contribution in [-0.2, 0) is 17.7 Å². The largest absolute Gasteiger partial charge is 0.497 e. The number of hydrogen-bond acceptors (Lipinski definition) is 8. The lowest BCUT2D eigenvalue weighted by Gasteiger charge is -2.46. The van der Waals surface area contributed by atoms with E-state index in [-0.39, 0.29) is 31.4 Å². The van der Waals surface area contributed by atoms with E-state index in [1.807, 2.05) is 49.4 Å². The normalized spacial score (nSPS) is 24.0. The first-order chi connectivity index (χ1) is 23.4. The summed E-state index contributed by atoms with van der Waals surface area (Å²) in [6, 6.07) is 15.4. The standard InChI is InChI=1S/C40H51NO7S/c1-7-48-38(44)41(24-29-13-15-31(46-5)23-35(29)47-6)25-40(45)20-18-34-32-16-12-28(22-33(32)37(43)36-17-11-27(3)49-36)21-30(42)14-10-26(2)9-8-19-39(34,40)4/h9,11-13,15-17,22-23,30,34,42,45H,7-8,10,14,18-21,24-25H2,1-6H3. The lowest BCUT2D eigenvalue weighted by atomic mass is 9.64. The smallest absolute Gasteiger partial charge is 0.410 e. The van der Waals surface area contributed by atoms with Gasteiger partial charge in [0.1, 0.15) is 11.5 Å². The van der Waals surface area contributed by atoms with Gasteiger partial charge < -0.3 is 29.3 Å². The highest BCUT2D eigenvalue weighted by Gasteiger charge is 2.58. The second-order valence-corrected chi connectivity index (χ2v) is 15.2. The number of benzene rings is 2. The second kappa shape index (κ2) is 15.5. The summed E-state index contributed by atoms with van der Waals surface area (Å²) < 4.78 is 16.6. The molecule has 2 bridgehead atoms. The van der Waals surface area contributed by atoms with Gasteiger partial charge in [-0.1, -0.05) is 30.7 Å². The highest BCUT2D eigenvalue weighted by molar-refractivity contribution is 7.14. The summed E-state index contributed by atoms with van der Waals surface area (Å²) in [7, 11) is 3.17. The van der Waals surface area contributed by atoms with E-state index in [1.54, 1.807) is 32.1 Å². The number of carbonyl (C=O) groups is 2. The van der Waals surface area contributed by atoms with Gasteiger partial charge in [0.05, 0.1) is 50.5 Å². The van der Waals surface area contributed by atoms with Crippen molar-refractivity contribution in [3.8, 4) is 11.5 Å². The number of carbonyl (C=O) groups excluding carboxylic acids is 2. The first-order valence-electron chi connectivity index (χ1n) is 17.3. The van der Waals surface area contributed by atoms with Gasteiger partial charge in [-0.3, -0.25) is 4.79 Å². The number of amides is 1. The highest BCUT2D eigenvalue weighted by atomic mass is 32.1. The average molecular weight is 690 g/mol. The Hall–Kier alpha value is -3.66. The minimum absolute atomic E-state index is 0.0372. The third-order valence-electron chi connectivity index (χ3n) is 10.7. The number of fused-ring (bicyclic) bond motifs is 8. The van der Waals surface area contributed by atoms with Gasteiger partial charge in [-0.15, -0.1) is 11.3 Å². The quantitative estimate of drug-likeness (QED) is 0.173. The van der Waals surface area contributed by atoms with Crippen molar-refractivity contribution in [2.24, 2.45) is 5.41 Å². The molecular formula is C40H51NO7S. The number of hydrogen-bond donors (Lipinski definition) is 2. The summed E-state index contributed by atoms with van der Waals surface area (Å²) in [5, 5.41) is 23.8. The molecule has 1 amide bonds. The van der Waals surface area contributed by atoms with E-state index in [4.69, 9.17) is 14.2 Å². The first-order valence-corrected chi connectivity index (χ1v) is 18.2. The van der Waals surface area contributed by atoms with Crippen LogP contribution in [0.5, 0.6) is 11.5 Å². The molecular weight excluding hydrogens is 639 g/mol. The van der Waals surface area contributed by atoms with E-state index in [1.165, 1.54) is 16.9 Å². The zero-order chi connectivity index (χ0) is 35.3. The molecule has 2 aromatic carbocycles. The molecule has 3 aromatic rings. The zero-order valence-electron chi connectivity index (χ0n) is 29.7. The molecule has 0 saturated heterocycles. The molecule has 2 N–H and O–H groups in total. The van der Waals surface area contributed by atoms with Crippen molar-refractivity contribution >= 4 is 23.2 Å². The average Bonchev–Trinajstić information content (AvgIpc) is 3.63. The molecule has 1 aromatic heterocycles. The Morgan fingerprint density at radius 1 is 1.02 bits per heavy atom. The Balaban J connectivity index is 1.59. The molecule has 3 aliphatic carbocycles. The summed E-state index contributed by atoms with van der Waals surface area (Å²) in [5.41, 5.74) is 2.42. The predicted molar refractivity (Wildman–Crippen MR) is 193 cm³/mol. The number of aliphatic hydroxyl groups is 2. The van der Waals surface area contributed by atoms with Crippen molar-refractivity contribution in [2.45, 2.75) is 96.8 Å². The summed E-state index contributed by atoms with van der Waals surface area (Å²) in [4.78, 5) is 31.1. The predicted octanol–water partition coefficient (Wildman–Crippen LogP) is 8.00. The Morgan fingerprint density at radius 2 is 1.82 bits per heavy atom. The third kappa shape index (κ3) is 7.89. The van der Waals surface area contributed by atoms with Gasteiger partial charge >= 0.3 is 6.09 Å². The summed E-state index contributed by atoms with van der Waals surface area (Å²) in [6.45, 7) is 8.41. The molecule has 1 saturated carbocycles. The van der Waals surface area contributed by atoms with Gasteiger partial charge in [0.2, 0.25) is 5.78 Å². The molecule has 9 heteroatoms. The van der Waals surface area contributed by atoms with Gasteiger partial charge in [-0.25, -0.2) is 4.79 Å². The van der Waals surface area contributed by atoms with Gasteiger partial charge in [0, 0.05) is 27.5 Å². The summed E-state index contributed by atoms with van der Waals surface area (Å²) in [6.07, 6.45) is 5.50. The number of aliphatic hydroxyl groups excluding tert-OH is 1. The molecule has 6 rings (SSSR count). The lowest BCUT2D eigenvalue weighted by molar-refractivity contribution is -0.0821. The number of methoxy groups -OCH3 is 2. The molecule has 1 fully saturated rings. The maximum absolute atomic E-state index is 14.2. The molecule has 49 heavy (non-hydrogen) atoms. The van der Waals surface area contributed by atoms with Crippen molar-refractivity contribution in [2.75, 3.05) is 27.4 Å². The Kier molecular flexibility index (Phi) is 11.6. The molecule has 0 radical (unpaired) electrons. The number of rotatable bonds is 9. The van der Waals surface area contributed by atoms with E-state index in [9.17, 15) is 19.8 Å². The molecule has 0 aliphatic heterocycles. The van der Waals surface area contributed by atoms with E-state index in [2.05, 4.69) is 19.9 Å². The van der Waals surface area contributed by atoms with Crippen molar-refractivity contribution in [3.05, 3.63) is 92.2 Å². The molecule has 3 aliphatic rings. The van der Waals surface area contributed by atoms with Gasteiger partial charge in [-0.2, -0.15) is 0 Å². The molecule has 1 heterocycles. The minimum atomic E-state index is -1.29. The molecule has 4 atom stereocenters. The van der Waals surface area contributed by atoms with Crippen LogP contribution in [0.25, 0.3) is 0 Å². The van der Waals surface area contributed by atoms with Crippen molar-refractivity contribution in [3.63, 3.8) is 0 Å². The van der Waals surface area contributed by atoms with E-state index in [0.717, 1.165) is 28.0 Å². The fourth-order valence-electron chi connectivity index (χ4n) is 7.79. The fourth-order valence-corrected chi connectivity index (χ4v) is 8.61. The van der Waals surface area contributed by atoms with E-state index < -0.39 is 23.2 Å². The van der Waals surface area contributed by atoms with Crippen LogP contribution < -0.4 is 9.47 Å². The number of allylic oxidation sites excluding steroid dienone is 2. The van der Waals surface area contributed by atoms with Crippen LogP contribution in [0, 0.1) is 12.3 Å². The minimum Gasteiger partial charge on any atom is -0.497 e. The van der Waals surface area contributed by atoms with Crippen LogP contribution in [0.3, 0.4) is 0 Å². The lowest BCUT2D eigenvalue weighted by Crippen LogP contribution is -2.53. The molecule has 8 nitrogen and oxygen atoms in total. The van der Waals surface area contributed by atoms with Gasteiger partial charge in [0.15, 0.2) is 0 Å². The Morgan fingerprint density at radius 3 is 2.51 bits per heavy atom. The summed E-state index contributed by atoms with van der Waals surface area (Å²) >= 11 is 1.48. The molecule has 4 unspecified atom stereocenters. The Bertz CT molecular complexity index is 1680. The number of ketones is 1.